The molecule has 1 saturated heterocycles. The summed E-state index contributed by atoms with van der Waals surface area (Å²) in [5.41, 5.74) is 5.51. The molecule has 2 aromatic rings. The Morgan fingerprint density at radius 3 is 2.28 bits per heavy atom. The molecular formula is C20H26N2O2S. The van der Waals surface area contributed by atoms with Gasteiger partial charge in [-0.2, -0.15) is 0 Å². The van der Waals surface area contributed by atoms with Crippen molar-refractivity contribution in [2.45, 2.75) is 52.9 Å². The first-order chi connectivity index (χ1) is 12.0. The summed E-state index contributed by atoms with van der Waals surface area (Å²) >= 11 is 1.55. The van der Waals surface area contributed by atoms with Gasteiger partial charge < -0.3 is 10.0 Å². The minimum atomic E-state index is -0.797. The number of carboxylic acids is 1. The van der Waals surface area contributed by atoms with Crippen molar-refractivity contribution < 1.29 is 9.90 Å². The zero-order valence-corrected chi connectivity index (χ0v) is 16.1. The van der Waals surface area contributed by atoms with Gasteiger partial charge in [-0.05, 0) is 44.7 Å². The Morgan fingerprint density at radius 2 is 1.72 bits per heavy atom. The minimum Gasteiger partial charge on any atom is -0.481 e. The summed E-state index contributed by atoms with van der Waals surface area (Å²) in [6, 6.07) is 4.30. The number of aliphatic carboxylic acids is 1. The number of hydrogen-bond acceptors (Lipinski definition) is 4. The van der Waals surface area contributed by atoms with Crippen molar-refractivity contribution in [3.8, 4) is 11.3 Å². The third kappa shape index (κ3) is 4.03. The number of nitrogens with zero attached hydrogens (tertiary/aromatic N) is 2. The highest BCUT2D eigenvalue weighted by Gasteiger charge is 2.22. The Labute approximate surface area is 153 Å². The number of aryl methyl sites for hydroxylation is 3. The van der Waals surface area contributed by atoms with Gasteiger partial charge in [0.15, 0.2) is 5.13 Å². The molecule has 0 radical (unpaired) electrons. The molecule has 5 heteroatoms. The third-order valence-electron chi connectivity index (χ3n) is 4.79. The van der Waals surface area contributed by atoms with Crippen LogP contribution in [0.1, 0.15) is 47.3 Å². The van der Waals surface area contributed by atoms with E-state index in [1.54, 1.807) is 11.3 Å². The number of aromatic nitrogens is 1. The molecule has 0 bridgehead atoms. The highest BCUT2D eigenvalue weighted by Crippen LogP contribution is 2.37. The Kier molecular flexibility index (Phi) is 5.42. The monoisotopic (exact) mass is 358 g/mol. The molecule has 0 atom stereocenters. The second-order valence-corrected chi connectivity index (χ2v) is 8.08. The van der Waals surface area contributed by atoms with Gasteiger partial charge in [0.1, 0.15) is 0 Å². The van der Waals surface area contributed by atoms with Crippen LogP contribution in [0, 0.1) is 20.8 Å². The van der Waals surface area contributed by atoms with Crippen LogP contribution < -0.4 is 4.90 Å². The molecule has 25 heavy (non-hydrogen) atoms. The Hall–Kier alpha value is -1.88. The molecule has 2 heterocycles. The highest BCUT2D eigenvalue weighted by atomic mass is 32.1. The van der Waals surface area contributed by atoms with Crippen LogP contribution in [-0.4, -0.2) is 29.1 Å². The van der Waals surface area contributed by atoms with Crippen LogP contribution in [0.25, 0.3) is 11.3 Å². The molecule has 4 nitrogen and oxygen atoms in total. The summed E-state index contributed by atoms with van der Waals surface area (Å²) in [5, 5.41) is 10.3. The topological polar surface area (TPSA) is 53.4 Å². The van der Waals surface area contributed by atoms with E-state index in [0.29, 0.717) is 0 Å². The van der Waals surface area contributed by atoms with Crippen LogP contribution in [0.5, 0.6) is 0 Å². The Balaban J connectivity index is 2.07. The molecule has 3 rings (SSSR count). The summed E-state index contributed by atoms with van der Waals surface area (Å²) in [7, 11) is 0. The van der Waals surface area contributed by atoms with Gasteiger partial charge in [-0.15, -0.1) is 11.3 Å². The van der Waals surface area contributed by atoms with Crippen molar-refractivity contribution >= 4 is 22.4 Å². The molecule has 1 aliphatic heterocycles. The van der Waals surface area contributed by atoms with E-state index in [9.17, 15) is 9.90 Å². The predicted molar refractivity (Wildman–Crippen MR) is 104 cm³/mol. The molecule has 1 aromatic carbocycles. The van der Waals surface area contributed by atoms with Crippen LogP contribution in [0.15, 0.2) is 12.1 Å². The maximum Gasteiger partial charge on any atom is 0.308 e. The Bertz CT molecular complexity index is 751. The van der Waals surface area contributed by atoms with Gasteiger partial charge in [0.05, 0.1) is 12.1 Å². The van der Waals surface area contributed by atoms with Crippen molar-refractivity contribution in [2.24, 2.45) is 0 Å². The van der Waals surface area contributed by atoms with Gasteiger partial charge in [-0.3, -0.25) is 4.79 Å². The lowest BCUT2D eigenvalue weighted by molar-refractivity contribution is -0.136. The van der Waals surface area contributed by atoms with Crippen LogP contribution in [0.4, 0.5) is 5.13 Å². The number of rotatable bonds is 4. The Morgan fingerprint density at radius 1 is 1.12 bits per heavy atom. The summed E-state index contributed by atoms with van der Waals surface area (Å²) in [6.45, 7) is 8.30. The number of carboxylic acid groups (broad SMARTS) is 1. The molecule has 1 aliphatic rings. The van der Waals surface area contributed by atoms with Gasteiger partial charge >= 0.3 is 5.97 Å². The molecule has 0 saturated carbocycles. The van der Waals surface area contributed by atoms with Gasteiger partial charge in [-0.25, -0.2) is 4.98 Å². The second-order valence-electron chi connectivity index (χ2n) is 7.01. The van der Waals surface area contributed by atoms with E-state index < -0.39 is 5.97 Å². The van der Waals surface area contributed by atoms with Gasteiger partial charge in [-0.1, -0.05) is 30.5 Å². The molecule has 0 aliphatic carbocycles. The summed E-state index contributed by atoms with van der Waals surface area (Å²) in [5.74, 6) is -0.797. The lowest BCUT2D eigenvalue weighted by Gasteiger charge is -2.18. The summed E-state index contributed by atoms with van der Waals surface area (Å²) in [6.07, 6.45) is 4.95. The molecule has 0 unspecified atom stereocenters. The molecule has 1 N–H and O–H groups in total. The first-order valence-electron chi connectivity index (χ1n) is 9.00. The molecule has 1 fully saturated rings. The largest absolute Gasteiger partial charge is 0.481 e. The lowest BCUT2D eigenvalue weighted by atomic mass is 9.96. The van der Waals surface area contributed by atoms with E-state index in [1.807, 2.05) is 0 Å². The van der Waals surface area contributed by atoms with Crippen molar-refractivity contribution in [1.82, 2.24) is 4.98 Å². The average molecular weight is 359 g/mol. The average Bonchev–Trinajstić information content (AvgIpc) is 2.75. The fourth-order valence-electron chi connectivity index (χ4n) is 3.74. The zero-order valence-electron chi connectivity index (χ0n) is 15.3. The zero-order chi connectivity index (χ0) is 18.0. The number of anilines is 1. The SMILES string of the molecule is Cc1cc(C)c(-c2nc(N3CCCCCC3)sc2CC(=O)O)c(C)c1. The van der Waals surface area contributed by atoms with Crippen molar-refractivity contribution in [3.05, 3.63) is 33.7 Å². The number of carbonyl (C=O) groups is 1. The molecule has 0 spiro atoms. The van der Waals surface area contributed by atoms with Crippen molar-refractivity contribution in [2.75, 3.05) is 18.0 Å². The van der Waals surface area contributed by atoms with Crippen molar-refractivity contribution in [1.29, 1.82) is 0 Å². The molecule has 1 aromatic heterocycles. The van der Waals surface area contributed by atoms with E-state index in [1.165, 1.54) is 31.2 Å². The molecule has 0 amide bonds. The first-order valence-corrected chi connectivity index (χ1v) is 9.82. The van der Waals surface area contributed by atoms with Gasteiger partial charge in [0.2, 0.25) is 0 Å². The summed E-state index contributed by atoms with van der Waals surface area (Å²) < 4.78 is 0. The predicted octanol–water partition coefficient (Wildman–Crippen LogP) is 4.74. The molecular weight excluding hydrogens is 332 g/mol. The van der Waals surface area contributed by atoms with Crippen LogP contribution in [0.2, 0.25) is 0 Å². The standard InChI is InChI=1S/C20H26N2O2S/c1-13-10-14(2)18(15(3)11-13)19-16(12-17(23)24)25-20(21-19)22-8-6-4-5-7-9-22/h10-11H,4-9,12H2,1-3H3,(H,23,24). The third-order valence-corrected chi connectivity index (χ3v) is 5.90. The van der Waals surface area contributed by atoms with Crippen LogP contribution >= 0.6 is 11.3 Å². The maximum atomic E-state index is 11.4. The number of benzene rings is 1. The van der Waals surface area contributed by atoms with E-state index in [2.05, 4.69) is 37.8 Å². The minimum absolute atomic E-state index is 0.0353. The fourth-order valence-corrected chi connectivity index (χ4v) is 4.85. The van der Waals surface area contributed by atoms with E-state index in [-0.39, 0.29) is 6.42 Å². The van der Waals surface area contributed by atoms with E-state index >= 15 is 0 Å². The van der Waals surface area contributed by atoms with Crippen LogP contribution in [0.3, 0.4) is 0 Å². The fraction of sp³-hybridized carbons (Fsp3) is 0.500. The van der Waals surface area contributed by atoms with E-state index in [4.69, 9.17) is 4.98 Å². The van der Waals surface area contributed by atoms with Gasteiger partial charge in [0, 0.05) is 23.5 Å². The number of thiazole rings is 1. The second kappa shape index (κ2) is 7.56. The quantitative estimate of drug-likeness (QED) is 0.857. The summed E-state index contributed by atoms with van der Waals surface area (Å²) in [4.78, 5) is 19.5. The number of hydrogen-bond donors (Lipinski definition) is 1. The normalized spacial score (nSPS) is 15.2. The van der Waals surface area contributed by atoms with Gasteiger partial charge in [0.25, 0.3) is 0 Å². The highest BCUT2D eigenvalue weighted by molar-refractivity contribution is 7.16. The van der Waals surface area contributed by atoms with Crippen LogP contribution in [-0.2, 0) is 11.2 Å². The molecule has 134 valence electrons. The van der Waals surface area contributed by atoms with Crippen molar-refractivity contribution in [3.63, 3.8) is 0 Å². The lowest BCUT2D eigenvalue weighted by Crippen LogP contribution is -2.23. The maximum absolute atomic E-state index is 11.4. The first kappa shape index (κ1) is 17.9. The smallest absolute Gasteiger partial charge is 0.308 e. The van der Waals surface area contributed by atoms with E-state index in [0.717, 1.165) is 45.5 Å².